The van der Waals surface area contributed by atoms with E-state index in [4.69, 9.17) is 10.5 Å². The number of aryl methyl sites for hydroxylation is 1. The number of ether oxygens (including phenoxy) is 1. The molecule has 11 heteroatoms. The molecule has 0 aliphatic carbocycles. The van der Waals surface area contributed by atoms with Crippen LogP contribution in [0.1, 0.15) is 33.1 Å². The molecule has 2 aromatic heterocycles. The summed E-state index contributed by atoms with van der Waals surface area (Å²) < 4.78 is 61.0. The first-order valence-electron chi connectivity index (χ1n) is 10.3. The number of amides is 1. The monoisotopic (exact) mass is 473 g/mol. The molecular weight excluding hydrogens is 454 g/mol. The number of pyridine rings is 1. The Morgan fingerprint density at radius 1 is 1.24 bits per heavy atom. The van der Waals surface area contributed by atoms with Crippen molar-refractivity contribution in [1.29, 1.82) is 0 Å². The van der Waals surface area contributed by atoms with E-state index in [1.165, 1.54) is 18.0 Å². The molecule has 176 valence electrons. The number of hydrogen-bond acceptors (Lipinski definition) is 5. The van der Waals surface area contributed by atoms with Crippen LogP contribution in [0.25, 0.3) is 21.8 Å². The number of alkyl halides is 3. The van der Waals surface area contributed by atoms with E-state index in [9.17, 15) is 22.4 Å². The molecule has 7 nitrogen and oxygen atoms in total. The zero-order valence-corrected chi connectivity index (χ0v) is 18.2. The number of benzene rings is 2. The summed E-state index contributed by atoms with van der Waals surface area (Å²) in [5, 5.41) is 5.54. The highest BCUT2D eigenvalue weighted by atomic mass is 19.4. The fraction of sp³-hybridized carbons (Fsp3) is 0.261. The predicted molar refractivity (Wildman–Crippen MR) is 116 cm³/mol. The Kier molecular flexibility index (Phi) is 4.97. The lowest BCUT2D eigenvalue weighted by Crippen LogP contribution is -2.37. The van der Waals surface area contributed by atoms with E-state index in [-0.39, 0.29) is 24.3 Å². The number of carbonyl (C=O) groups excluding carboxylic acids is 1. The SMILES string of the molecule is CN(C(=O)c1ccc2nc(N)c3cnn(C)c3c2c1)[C@H]1COCc2c1ccc(C(F)(F)F)c2F. The number of nitrogens with two attached hydrogens (primary N) is 1. The van der Waals surface area contributed by atoms with Crippen molar-refractivity contribution in [3.63, 3.8) is 0 Å². The van der Waals surface area contributed by atoms with Gasteiger partial charge >= 0.3 is 6.18 Å². The fourth-order valence-electron chi connectivity index (χ4n) is 4.43. The fourth-order valence-corrected chi connectivity index (χ4v) is 4.43. The first-order valence-corrected chi connectivity index (χ1v) is 10.3. The molecule has 0 saturated heterocycles. The minimum absolute atomic E-state index is 0.0255. The number of anilines is 1. The predicted octanol–water partition coefficient (Wildman–Crippen LogP) is 4.21. The van der Waals surface area contributed by atoms with Gasteiger partial charge in [-0.15, -0.1) is 0 Å². The van der Waals surface area contributed by atoms with E-state index in [2.05, 4.69) is 10.1 Å². The second kappa shape index (κ2) is 7.66. The molecule has 0 saturated carbocycles. The molecule has 1 aliphatic rings. The second-order valence-corrected chi connectivity index (χ2v) is 8.20. The van der Waals surface area contributed by atoms with Gasteiger partial charge in [0.25, 0.3) is 5.91 Å². The zero-order chi connectivity index (χ0) is 24.4. The van der Waals surface area contributed by atoms with Crippen molar-refractivity contribution in [3.8, 4) is 0 Å². The summed E-state index contributed by atoms with van der Waals surface area (Å²) in [6, 6.07) is 6.08. The second-order valence-electron chi connectivity index (χ2n) is 8.20. The Hall–Kier alpha value is -3.73. The number of aromatic nitrogens is 3. The maximum Gasteiger partial charge on any atom is 0.419 e. The number of nitrogen functional groups attached to an aromatic ring is 1. The molecule has 2 N–H and O–H groups in total. The molecule has 0 unspecified atom stereocenters. The molecule has 5 rings (SSSR count). The Labute approximate surface area is 190 Å². The van der Waals surface area contributed by atoms with Gasteiger partial charge in [0.15, 0.2) is 0 Å². The van der Waals surface area contributed by atoms with Gasteiger partial charge in [0.1, 0.15) is 11.6 Å². The van der Waals surface area contributed by atoms with Crippen molar-refractivity contribution in [1.82, 2.24) is 19.7 Å². The normalized spacial score (nSPS) is 16.1. The molecule has 1 atom stereocenters. The minimum atomic E-state index is -4.83. The van der Waals surface area contributed by atoms with Gasteiger partial charge < -0.3 is 15.4 Å². The van der Waals surface area contributed by atoms with Gasteiger partial charge in [0.05, 0.1) is 47.4 Å². The lowest BCUT2D eigenvalue weighted by atomic mass is 9.94. The molecule has 0 fully saturated rings. The molecule has 1 aliphatic heterocycles. The highest BCUT2D eigenvalue weighted by molar-refractivity contribution is 6.10. The van der Waals surface area contributed by atoms with Crippen molar-refractivity contribution in [2.24, 2.45) is 7.05 Å². The van der Waals surface area contributed by atoms with Gasteiger partial charge in [-0.05, 0) is 29.8 Å². The first-order chi connectivity index (χ1) is 16.1. The van der Waals surface area contributed by atoms with Crippen LogP contribution in [0.2, 0.25) is 0 Å². The van der Waals surface area contributed by atoms with Crippen molar-refractivity contribution >= 4 is 33.5 Å². The molecule has 0 bridgehead atoms. The Balaban J connectivity index is 1.54. The minimum Gasteiger partial charge on any atom is -0.383 e. The van der Waals surface area contributed by atoms with Crippen LogP contribution >= 0.6 is 0 Å². The summed E-state index contributed by atoms with van der Waals surface area (Å²) in [7, 11) is 3.26. The van der Waals surface area contributed by atoms with E-state index in [1.54, 1.807) is 36.1 Å². The lowest BCUT2D eigenvalue weighted by Gasteiger charge is -2.34. The van der Waals surface area contributed by atoms with E-state index >= 15 is 0 Å². The molecular formula is C23H19F4N5O2. The summed E-state index contributed by atoms with van der Waals surface area (Å²) >= 11 is 0. The number of nitrogens with zero attached hydrogens (tertiary/aromatic N) is 4. The van der Waals surface area contributed by atoms with Crippen molar-refractivity contribution in [2.45, 2.75) is 18.8 Å². The first kappa shape index (κ1) is 22.1. The molecule has 34 heavy (non-hydrogen) atoms. The van der Waals surface area contributed by atoms with Gasteiger partial charge in [-0.25, -0.2) is 9.37 Å². The average Bonchev–Trinajstić information content (AvgIpc) is 3.19. The highest BCUT2D eigenvalue weighted by Crippen LogP contribution is 2.38. The Bertz CT molecular complexity index is 1460. The van der Waals surface area contributed by atoms with Crippen LogP contribution in [0.15, 0.2) is 36.5 Å². The van der Waals surface area contributed by atoms with Gasteiger partial charge in [-0.3, -0.25) is 9.48 Å². The Morgan fingerprint density at radius 2 is 2.00 bits per heavy atom. The van der Waals surface area contributed by atoms with Gasteiger partial charge in [-0.1, -0.05) is 6.07 Å². The van der Waals surface area contributed by atoms with Crippen LogP contribution in [0.3, 0.4) is 0 Å². The third-order valence-corrected chi connectivity index (χ3v) is 6.21. The van der Waals surface area contributed by atoms with Gasteiger partial charge in [-0.2, -0.15) is 18.3 Å². The number of likely N-dealkylation sites (N-methyl/N-ethyl adjacent to an activating group) is 1. The Morgan fingerprint density at radius 3 is 2.74 bits per heavy atom. The van der Waals surface area contributed by atoms with Crippen molar-refractivity contribution < 1.29 is 27.1 Å². The summed E-state index contributed by atoms with van der Waals surface area (Å²) in [4.78, 5) is 19.1. The van der Waals surface area contributed by atoms with Crippen LogP contribution in [-0.2, 0) is 24.6 Å². The van der Waals surface area contributed by atoms with Gasteiger partial charge in [0.2, 0.25) is 0 Å². The molecule has 4 aromatic rings. The molecule has 3 heterocycles. The van der Waals surface area contributed by atoms with E-state index < -0.39 is 29.5 Å². The van der Waals surface area contributed by atoms with E-state index in [1.807, 2.05) is 0 Å². The quantitative estimate of drug-likeness (QED) is 0.441. The smallest absolute Gasteiger partial charge is 0.383 e. The van der Waals surface area contributed by atoms with Crippen LogP contribution < -0.4 is 5.73 Å². The topological polar surface area (TPSA) is 86.3 Å². The molecule has 0 spiro atoms. The number of halogens is 4. The van der Waals surface area contributed by atoms with Crippen molar-refractivity contribution in [2.75, 3.05) is 19.4 Å². The standard InChI is InChI=1S/C23H19F4N5O2/c1-31(18-10-34-9-15-12(18)4-5-16(19(15)24)23(25,26)27)22(33)11-3-6-17-13(7-11)20-14(21(28)30-17)8-29-32(20)2/h3-8,18H,9-10H2,1-2H3,(H2,28,30)/t18-/m0/s1. The maximum absolute atomic E-state index is 14.6. The summed E-state index contributed by atoms with van der Waals surface area (Å²) in [5.74, 6) is -1.46. The zero-order valence-electron chi connectivity index (χ0n) is 18.2. The lowest BCUT2D eigenvalue weighted by molar-refractivity contribution is -0.140. The number of rotatable bonds is 2. The summed E-state index contributed by atoms with van der Waals surface area (Å²) in [6.07, 6.45) is -3.23. The van der Waals surface area contributed by atoms with Crippen LogP contribution in [-0.4, -0.2) is 39.2 Å². The largest absolute Gasteiger partial charge is 0.419 e. The molecule has 0 radical (unpaired) electrons. The molecule has 1 amide bonds. The third kappa shape index (κ3) is 3.35. The molecule has 2 aromatic carbocycles. The van der Waals surface area contributed by atoms with E-state index in [0.717, 1.165) is 0 Å². The maximum atomic E-state index is 14.6. The van der Waals surface area contributed by atoms with E-state index in [0.29, 0.717) is 39.3 Å². The van der Waals surface area contributed by atoms with Gasteiger partial charge in [0, 0.05) is 30.6 Å². The number of carbonyl (C=O) groups is 1. The van der Waals surface area contributed by atoms with Crippen LogP contribution in [0.4, 0.5) is 23.4 Å². The van der Waals surface area contributed by atoms with Crippen LogP contribution in [0, 0.1) is 5.82 Å². The van der Waals surface area contributed by atoms with Crippen molar-refractivity contribution in [3.05, 3.63) is 64.6 Å². The number of fused-ring (bicyclic) bond motifs is 4. The highest BCUT2D eigenvalue weighted by Gasteiger charge is 2.38. The summed E-state index contributed by atoms with van der Waals surface area (Å²) in [5.41, 5.74) is 6.38. The average molecular weight is 473 g/mol. The third-order valence-electron chi connectivity index (χ3n) is 6.21. The summed E-state index contributed by atoms with van der Waals surface area (Å²) in [6.45, 7) is -0.275. The number of hydrogen-bond donors (Lipinski definition) is 1. The van der Waals surface area contributed by atoms with Crippen LogP contribution in [0.5, 0.6) is 0 Å².